The number of amides is 1. The zero-order valence-electron chi connectivity index (χ0n) is 11.5. The Morgan fingerprint density at radius 3 is 2.81 bits per heavy atom. The van der Waals surface area contributed by atoms with E-state index in [0.717, 1.165) is 5.39 Å². The van der Waals surface area contributed by atoms with E-state index in [1.807, 2.05) is 6.07 Å². The summed E-state index contributed by atoms with van der Waals surface area (Å²) in [6, 6.07) is 6.85. The first-order valence-electron chi connectivity index (χ1n) is 6.61. The number of primary amides is 1. The van der Waals surface area contributed by atoms with E-state index < -0.39 is 10.0 Å². The highest BCUT2D eigenvalue weighted by molar-refractivity contribution is 7.89. The zero-order valence-corrected chi connectivity index (χ0v) is 12.3. The van der Waals surface area contributed by atoms with Crippen LogP contribution in [0.5, 0.6) is 0 Å². The lowest BCUT2D eigenvalue weighted by Gasteiger charge is -2.09. The lowest BCUT2D eigenvalue weighted by molar-refractivity contribution is -0.118. The van der Waals surface area contributed by atoms with Crippen molar-refractivity contribution in [2.45, 2.75) is 24.2 Å². The number of nitrogens with one attached hydrogen (secondary N) is 1. The Kier molecular flexibility index (Phi) is 4.87. The molecule has 3 N–H and O–H groups in total. The Balaban J connectivity index is 2.10. The van der Waals surface area contributed by atoms with Gasteiger partial charge in [0.05, 0.1) is 4.90 Å². The number of unbranched alkanes of at least 4 members (excludes halogenated alkanes) is 1. The van der Waals surface area contributed by atoms with Crippen molar-refractivity contribution in [2.75, 3.05) is 6.54 Å². The van der Waals surface area contributed by atoms with Crippen LogP contribution in [0.3, 0.4) is 0 Å². The van der Waals surface area contributed by atoms with Crippen LogP contribution in [-0.2, 0) is 14.8 Å². The summed E-state index contributed by atoms with van der Waals surface area (Å²) in [7, 11) is -3.59. The van der Waals surface area contributed by atoms with Crippen LogP contribution in [-0.4, -0.2) is 25.9 Å². The van der Waals surface area contributed by atoms with E-state index in [1.165, 1.54) is 6.20 Å². The van der Waals surface area contributed by atoms with Gasteiger partial charge in [-0.1, -0.05) is 12.1 Å². The summed E-state index contributed by atoms with van der Waals surface area (Å²) in [5.41, 5.74) is 5.03. The zero-order chi connectivity index (χ0) is 15.3. The van der Waals surface area contributed by atoms with Crippen LogP contribution in [0.25, 0.3) is 10.8 Å². The molecule has 0 saturated carbocycles. The number of sulfonamides is 1. The first-order valence-corrected chi connectivity index (χ1v) is 8.10. The standard InChI is InChI=1S/C14H17N3O3S/c15-14(18)6-1-2-8-17-21(19,20)13-5-3-4-11-7-9-16-10-12(11)13/h3-5,7,9-10,17H,1-2,6,8H2,(H2,15,18). The minimum atomic E-state index is -3.59. The second-order valence-corrected chi connectivity index (χ2v) is 6.41. The lowest BCUT2D eigenvalue weighted by Crippen LogP contribution is -2.25. The monoisotopic (exact) mass is 307 g/mol. The molecule has 0 bridgehead atoms. The van der Waals surface area contributed by atoms with E-state index in [4.69, 9.17) is 5.73 Å². The van der Waals surface area contributed by atoms with Gasteiger partial charge in [-0.15, -0.1) is 0 Å². The quantitative estimate of drug-likeness (QED) is 0.749. The average Bonchev–Trinajstić information content (AvgIpc) is 2.46. The molecule has 0 aliphatic carbocycles. The molecule has 2 aromatic rings. The summed E-state index contributed by atoms with van der Waals surface area (Å²) in [6.07, 6.45) is 4.55. The lowest BCUT2D eigenvalue weighted by atomic mass is 10.2. The van der Waals surface area contributed by atoms with Crippen molar-refractivity contribution in [1.82, 2.24) is 9.71 Å². The first-order chi connectivity index (χ1) is 10.0. The van der Waals surface area contributed by atoms with Crippen molar-refractivity contribution in [3.8, 4) is 0 Å². The summed E-state index contributed by atoms with van der Waals surface area (Å²) in [4.78, 5) is 14.8. The van der Waals surface area contributed by atoms with Gasteiger partial charge >= 0.3 is 0 Å². The molecule has 0 spiro atoms. The van der Waals surface area contributed by atoms with Crippen LogP contribution in [0.2, 0.25) is 0 Å². The summed E-state index contributed by atoms with van der Waals surface area (Å²) in [5, 5.41) is 1.41. The number of pyridine rings is 1. The molecule has 0 fully saturated rings. The molecule has 1 amide bonds. The summed E-state index contributed by atoms with van der Waals surface area (Å²) >= 11 is 0. The molecular formula is C14H17N3O3S. The minimum absolute atomic E-state index is 0.211. The molecule has 112 valence electrons. The Morgan fingerprint density at radius 2 is 2.05 bits per heavy atom. The van der Waals surface area contributed by atoms with Gasteiger partial charge in [-0.05, 0) is 30.4 Å². The average molecular weight is 307 g/mol. The number of carbonyl (C=O) groups is 1. The molecular weight excluding hydrogens is 290 g/mol. The maximum Gasteiger partial charge on any atom is 0.241 e. The maximum atomic E-state index is 12.3. The molecule has 0 aliphatic rings. The summed E-state index contributed by atoms with van der Waals surface area (Å²) in [5.74, 6) is -0.377. The molecule has 0 unspecified atom stereocenters. The van der Waals surface area contributed by atoms with Gasteiger partial charge in [0.25, 0.3) is 0 Å². The number of nitrogens with two attached hydrogens (primary N) is 1. The van der Waals surface area contributed by atoms with Gasteiger partial charge in [0.15, 0.2) is 0 Å². The van der Waals surface area contributed by atoms with Gasteiger partial charge < -0.3 is 5.73 Å². The van der Waals surface area contributed by atoms with E-state index in [2.05, 4.69) is 9.71 Å². The third-order valence-corrected chi connectivity index (χ3v) is 4.59. The molecule has 0 atom stereocenters. The number of carbonyl (C=O) groups excluding carboxylic acids is 1. The SMILES string of the molecule is NC(=O)CCCCNS(=O)(=O)c1cccc2ccncc12. The van der Waals surface area contributed by atoms with Crippen LogP contribution < -0.4 is 10.5 Å². The molecule has 6 nitrogen and oxygen atoms in total. The Bertz CT molecular complexity index is 739. The molecule has 1 heterocycles. The Labute approximate surface area is 123 Å². The normalized spacial score (nSPS) is 11.6. The van der Waals surface area contributed by atoms with E-state index >= 15 is 0 Å². The van der Waals surface area contributed by atoms with Crippen LogP contribution in [0.4, 0.5) is 0 Å². The van der Waals surface area contributed by atoms with Crippen molar-refractivity contribution in [3.05, 3.63) is 36.7 Å². The fourth-order valence-electron chi connectivity index (χ4n) is 2.03. The molecule has 1 aromatic carbocycles. The molecule has 1 aromatic heterocycles. The van der Waals surface area contributed by atoms with Crippen molar-refractivity contribution in [2.24, 2.45) is 5.73 Å². The molecule has 2 rings (SSSR count). The van der Waals surface area contributed by atoms with Crippen LogP contribution in [0, 0.1) is 0 Å². The number of hydrogen-bond donors (Lipinski definition) is 2. The van der Waals surface area contributed by atoms with Crippen molar-refractivity contribution in [3.63, 3.8) is 0 Å². The highest BCUT2D eigenvalue weighted by Gasteiger charge is 2.16. The molecule has 21 heavy (non-hydrogen) atoms. The van der Waals surface area contributed by atoms with Gasteiger partial charge in [-0.3, -0.25) is 9.78 Å². The van der Waals surface area contributed by atoms with Gasteiger partial charge in [-0.2, -0.15) is 0 Å². The maximum absolute atomic E-state index is 12.3. The van der Waals surface area contributed by atoms with E-state index in [0.29, 0.717) is 18.2 Å². The highest BCUT2D eigenvalue weighted by atomic mass is 32.2. The summed E-state index contributed by atoms with van der Waals surface area (Å²) < 4.78 is 27.2. The third kappa shape index (κ3) is 3.99. The number of benzene rings is 1. The molecule has 0 saturated heterocycles. The van der Waals surface area contributed by atoms with Crippen LogP contribution >= 0.6 is 0 Å². The van der Waals surface area contributed by atoms with E-state index in [-0.39, 0.29) is 23.8 Å². The predicted molar refractivity (Wildman–Crippen MR) is 80.0 cm³/mol. The second-order valence-electron chi connectivity index (χ2n) is 4.67. The smallest absolute Gasteiger partial charge is 0.241 e. The molecule has 0 radical (unpaired) electrons. The number of fused-ring (bicyclic) bond motifs is 1. The van der Waals surface area contributed by atoms with Gasteiger partial charge in [0.2, 0.25) is 15.9 Å². The number of aromatic nitrogens is 1. The van der Waals surface area contributed by atoms with Crippen molar-refractivity contribution >= 4 is 26.7 Å². The van der Waals surface area contributed by atoms with Crippen molar-refractivity contribution < 1.29 is 13.2 Å². The Morgan fingerprint density at radius 1 is 1.24 bits per heavy atom. The highest BCUT2D eigenvalue weighted by Crippen LogP contribution is 2.21. The van der Waals surface area contributed by atoms with Crippen LogP contribution in [0.1, 0.15) is 19.3 Å². The topological polar surface area (TPSA) is 102 Å². The predicted octanol–water partition coefficient (Wildman–Crippen LogP) is 1.17. The first kappa shape index (κ1) is 15.4. The second kappa shape index (κ2) is 6.64. The number of rotatable bonds is 7. The fourth-order valence-corrected chi connectivity index (χ4v) is 3.31. The van der Waals surface area contributed by atoms with E-state index in [9.17, 15) is 13.2 Å². The van der Waals surface area contributed by atoms with Gasteiger partial charge in [-0.25, -0.2) is 13.1 Å². The number of nitrogens with zero attached hydrogens (tertiary/aromatic N) is 1. The fraction of sp³-hybridized carbons (Fsp3) is 0.286. The summed E-state index contributed by atoms with van der Waals surface area (Å²) in [6.45, 7) is 0.270. The largest absolute Gasteiger partial charge is 0.370 e. The third-order valence-electron chi connectivity index (χ3n) is 3.08. The van der Waals surface area contributed by atoms with Crippen LogP contribution in [0.15, 0.2) is 41.6 Å². The number of hydrogen-bond acceptors (Lipinski definition) is 4. The Hall–Kier alpha value is -1.99. The van der Waals surface area contributed by atoms with Gasteiger partial charge in [0, 0.05) is 30.7 Å². The molecule has 0 aliphatic heterocycles. The minimum Gasteiger partial charge on any atom is -0.370 e. The van der Waals surface area contributed by atoms with Gasteiger partial charge in [0.1, 0.15) is 0 Å². The van der Waals surface area contributed by atoms with E-state index in [1.54, 1.807) is 24.4 Å². The van der Waals surface area contributed by atoms with Crippen molar-refractivity contribution in [1.29, 1.82) is 0 Å². The molecule has 7 heteroatoms.